The first-order chi connectivity index (χ1) is 2.00. The highest BCUT2D eigenvalue weighted by Gasteiger charge is 0.897. The first-order valence-corrected chi connectivity index (χ1v) is 0.676. The van der Waals surface area contributed by atoms with Crippen molar-refractivity contribution in [3.63, 3.8) is 0 Å². The summed E-state index contributed by atoms with van der Waals surface area (Å²) in [5.41, 5.74) is 0. The lowest BCUT2D eigenvalue weighted by atomic mass is 15.7. The molecule has 0 aromatic rings. The summed E-state index contributed by atoms with van der Waals surface area (Å²) in [6, 6.07) is 0. The van der Waals surface area contributed by atoms with Crippen molar-refractivity contribution in [3.8, 4) is 0 Å². The van der Waals surface area contributed by atoms with Gasteiger partial charge in [0.25, 0.3) is 0 Å². The highest BCUT2D eigenvalue weighted by molar-refractivity contribution is 6.04. The van der Waals surface area contributed by atoms with E-state index in [9.17, 15) is 0 Å². The lowest BCUT2D eigenvalue weighted by molar-refractivity contribution is -0.0441. The molecule has 2 nitrogen and oxygen atoms in total. The molecule has 0 aliphatic heterocycles. The molecule has 0 heterocycles. The lowest BCUT2D eigenvalue weighted by Gasteiger charge is -1.13. The average Bonchev–Trinajstić information content (AvgIpc) is 1.50. The van der Waals surface area contributed by atoms with E-state index in [0.29, 0.717) is 0 Å². The van der Waals surface area contributed by atoms with Crippen LogP contribution in [0.25, 0.3) is 0 Å². The molecule has 0 aliphatic rings. The summed E-state index contributed by atoms with van der Waals surface area (Å²) in [6.07, 6.45) is 0. The van der Waals surface area contributed by atoms with Crippen molar-refractivity contribution in [2.24, 2.45) is 0 Å². The van der Waals surface area contributed by atoms with Crippen LogP contribution in [0.3, 0.4) is 0 Å². The van der Waals surface area contributed by atoms with Gasteiger partial charge >= 0.3 is 0 Å². The van der Waals surface area contributed by atoms with Crippen LogP contribution in [0.15, 0.2) is 0 Å². The van der Waals surface area contributed by atoms with Gasteiger partial charge in [0.1, 0.15) is 0 Å². The van der Waals surface area contributed by atoms with Crippen LogP contribution in [-0.4, -0.2) is 9.97 Å². The molecule has 0 saturated carbocycles. The van der Waals surface area contributed by atoms with Crippen LogP contribution in [0.2, 0.25) is 0 Å². The van der Waals surface area contributed by atoms with E-state index in [4.69, 9.17) is 14.5 Å². The van der Waals surface area contributed by atoms with Gasteiger partial charge in [-0.05, 0) is 0 Å². The molecule has 0 amide bonds. The van der Waals surface area contributed by atoms with E-state index < -0.39 is 0 Å². The maximum atomic E-state index is 8.50. The van der Waals surface area contributed by atoms with Gasteiger partial charge in [-0.2, -0.15) is 0 Å². The lowest BCUT2D eigenvalue weighted by Crippen LogP contribution is -0.996. The molecule has 28 valence electrons. The molecule has 0 unspecified atom stereocenters. The van der Waals surface area contributed by atoms with Gasteiger partial charge in [0.2, 0.25) is 0 Å². The third kappa shape index (κ3) is 142. The summed E-state index contributed by atoms with van der Waals surface area (Å²) in [5, 5.41) is 5.50. The van der Waals surface area contributed by atoms with Crippen molar-refractivity contribution in [2.45, 2.75) is 0 Å². The Bertz CT molecular complexity index is 6.00. The van der Waals surface area contributed by atoms with Crippen LogP contribution in [0.1, 0.15) is 0 Å². The third-order valence-electron chi connectivity index (χ3n) is 0. The molecule has 2 N–H and O–H groups in total. The zero-order valence-corrected chi connectivity index (χ0v) is 2.41. The molecule has 0 spiro atoms. The van der Waals surface area contributed by atoms with E-state index in [0.717, 1.165) is 0 Å². The minimum Gasteiger partial charge on any atom is -0.295 e. The quantitative estimate of drug-likeness (QED) is 0.437. The van der Waals surface area contributed by atoms with Gasteiger partial charge in [0.15, 0.2) is 0 Å². The van der Waals surface area contributed by atoms with E-state index in [1.165, 1.54) is 0 Å². The Morgan fingerprint density at radius 3 is 1.25 bits per heavy atom. The maximum absolute atomic E-state index is 8.50. The first kappa shape index (κ1) is 8.91. The van der Waals surface area contributed by atoms with Gasteiger partial charge in [0.05, 0.1) is 11.9 Å². The van der Waals surface area contributed by atoms with Gasteiger partial charge in [-0.1, -0.05) is 4.53 Å². The van der Waals surface area contributed by atoms with Crippen LogP contribution >= 0.6 is 11.9 Å². The van der Waals surface area contributed by atoms with E-state index in [1.807, 2.05) is 0 Å². The number of hydrogen-bond donors (Lipinski definition) is 2. The first-order valence-electron chi connectivity index (χ1n) is 0.338. The van der Waals surface area contributed by atoms with Crippen LogP contribution in [0.4, 0.5) is 4.53 Å². The van der Waals surface area contributed by atoms with Gasteiger partial charge in [-0.25, -0.2) is 5.31 Å². The Labute approximate surface area is 27.5 Å². The highest BCUT2D eigenvalue weighted by atomic mass is 35.5. The predicted octanol–water partition coefficient (Wildman–Crippen LogP) is -0.00430. The number of halogens is 2. The van der Waals surface area contributed by atoms with Crippen molar-refractivity contribution >= 4 is 11.9 Å². The Hall–Kier alpha value is 0.140. The second-order valence-electron chi connectivity index (χ2n) is 0. The second-order valence-corrected chi connectivity index (χ2v) is 0. The molecule has 0 saturated heterocycles. The molecule has 4 heavy (non-hydrogen) atoms. The number of rotatable bonds is 0. The molecular formula is H2ClFO2. The Morgan fingerprint density at radius 2 is 1.25 bits per heavy atom. The standard InChI is InChI=1S/ClHO.FHO/c2*1-2/h2*2H. The van der Waals surface area contributed by atoms with Gasteiger partial charge in [-0.3, -0.25) is 4.66 Å². The molecule has 0 atom stereocenters. The Kier molecular flexibility index (Phi) is 1630. The normalized spacial score (nSPS) is 3.00. The SMILES string of the molecule is OCl.OF. The monoisotopic (exact) mass is 88.0 g/mol. The molecule has 0 fully saturated rings. The predicted molar refractivity (Wildman–Crippen MR) is 11.4 cm³/mol. The van der Waals surface area contributed by atoms with Gasteiger partial charge < -0.3 is 0 Å². The van der Waals surface area contributed by atoms with Crippen LogP contribution < -0.4 is 0 Å². The topological polar surface area (TPSA) is 40.5 Å². The zero-order chi connectivity index (χ0) is 4.00. The highest BCUT2D eigenvalue weighted by Crippen LogP contribution is 1.31. The summed E-state index contributed by atoms with van der Waals surface area (Å²) in [4.78, 5) is 0. The van der Waals surface area contributed by atoms with Crippen molar-refractivity contribution < 1.29 is 14.5 Å². The van der Waals surface area contributed by atoms with Crippen molar-refractivity contribution in [1.29, 1.82) is 0 Å². The van der Waals surface area contributed by atoms with E-state index in [1.54, 1.807) is 0 Å². The molecule has 0 aliphatic carbocycles. The third-order valence-corrected chi connectivity index (χ3v) is 0. The number of hydrogen-bond acceptors (Lipinski definition) is 2. The molecule has 0 rings (SSSR count). The Balaban J connectivity index is 0. The second kappa shape index (κ2) is 734. The van der Waals surface area contributed by atoms with Crippen molar-refractivity contribution in [1.82, 2.24) is 0 Å². The van der Waals surface area contributed by atoms with Crippen molar-refractivity contribution in [2.75, 3.05) is 0 Å². The summed E-state index contributed by atoms with van der Waals surface area (Å²) in [6.45, 7) is 0. The van der Waals surface area contributed by atoms with E-state index in [-0.39, 0.29) is 0 Å². The summed E-state index contributed by atoms with van der Waals surface area (Å²) >= 11 is 3.64. The molecule has 0 radical (unpaired) electrons. The van der Waals surface area contributed by atoms with Crippen molar-refractivity contribution in [3.05, 3.63) is 0 Å². The van der Waals surface area contributed by atoms with Gasteiger partial charge in [-0.15, -0.1) is 0 Å². The molecular weight excluding hydrogens is 86.4 g/mol. The summed E-state index contributed by atoms with van der Waals surface area (Å²) in [7, 11) is 0. The van der Waals surface area contributed by atoms with Crippen LogP contribution in [0, 0.1) is 0 Å². The molecule has 0 bridgehead atoms. The Morgan fingerprint density at radius 1 is 1.25 bits per heavy atom. The fraction of sp³-hybridized carbons (Fsp3) is 0. The summed E-state index contributed by atoms with van der Waals surface area (Å²) in [5.74, 6) is 0. The van der Waals surface area contributed by atoms with Crippen LogP contribution in [0.5, 0.6) is 0 Å². The summed E-state index contributed by atoms with van der Waals surface area (Å²) < 4.78 is 15.0. The smallest absolute Gasteiger partial charge is 0.0579 e. The zero-order valence-electron chi connectivity index (χ0n) is 1.65. The fourth-order valence-electron chi connectivity index (χ4n) is 0. The van der Waals surface area contributed by atoms with E-state index >= 15 is 0 Å². The maximum Gasteiger partial charge on any atom is 0.0579 e. The molecule has 0 aromatic carbocycles. The van der Waals surface area contributed by atoms with Gasteiger partial charge in [0, 0.05) is 0 Å². The average molecular weight is 88.5 g/mol. The largest absolute Gasteiger partial charge is 0.295 e. The van der Waals surface area contributed by atoms with E-state index in [2.05, 4.69) is 11.9 Å². The molecule has 0 aromatic heterocycles. The molecule has 4 heteroatoms. The minimum absolute atomic E-state index is 3.64. The minimum atomic E-state index is 3.64. The fourth-order valence-corrected chi connectivity index (χ4v) is 0. The van der Waals surface area contributed by atoms with Crippen LogP contribution in [-0.2, 0) is 0 Å².